The van der Waals surface area contributed by atoms with Gasteiger partial charge in [-0.15, -0.1) is 0 Å². The van der Waals surface area contributed by atoms with E-state index in [1.165, 1.54) is 5.56 Å². The normalized spacial score (nSPS) is 15.3. The minimum Gasteiger partial charge on any atom is -0.373 e. The number of benzene rings is 2. The molecule has 0 aliphatic carbocycles. The van der Waals surface area contributed by atoms with E-state index in [4.69, 9.17) is 9.47 Å². The van der Waals surface area contributed by atoms with Crippen LogP contribution in [0.5, 0.6) is 0 Å². The lowest BCUT2D eigenvalue weighted by Gasteiger charge is -2.37. The number of carbonyl (C=O) groups is 1. The lowest BCUT2D eigenvalue weighted by molar-refractivity contribution is -0.0956. The van der Waals surface area contributed by atoms with Gasteiger partial charge in [0.25, 0.3) is 0 Å². The van der Waals surface area contributed by atoms with Crippen molar-refractivity contribution < 1.29 is 14.3 Å². The molecule has 0 saturated carbocycles. The molecular weight excluding hydrogens is 324 g/mol. The summed E-state index contributed by atoms with van der Waals surface area (Å²) in [5, 5.41) is 0. The summed E-state index contributed by atoms with van der Waals surface area (Å²) in [6.07, 6.45) is 0.0324. The van der Waals surface area contributed by atoms with Crippen molar-refractivity contribution in [3.8, 4) is 0 Å². The molecule has 26 heavy (non-hydrogen) atoms. The van der Waals surface area contributed by atoms with Crippen molar-refractivity contribution >= 4 is 5.78 Å². The zero-order valence-electron chi connectivity index (χ0n) is 16.7. The fourth-order valence-corrected chi connectivity index (χ4v) is 3.40. The van der Waals surface area contributed by atoms with Gasteiger partial charge in [0.05, 0.1) is 0 Å². The van der Waals surface area contributed by atoms with Gasteiger partial charge in [0.2, 0.25) is 0 Å². The van der Waals surface area contributed by atoms with Crippen molar-refractivity contribution in [2.45, 2.75) is 51.2 Å². The van der Waals surface area contributed by atoms with Crippen LogP contribution >= 0.6 is 0 Å². The number of hydrogen-bond acceptors (Lipinski definition) is 3. The molecule has 0 fully saturated rings. The van der Waals surface area contributed by atoms with Crippen LogP contribution in [0.15, 0.2) is 54.6 Å². The molecule has 0 amide bonds. The smallest absolute Gasteiger partial charge is 0.197 e. The molecule has 2 aromatic carbocycles. The molecule has 2 aromatic rings. The van der Waals surface area contributed by atoms with Gasteiger partial charge in [0.15, 0.2) is 11.4 Å². The van der Waals surface area contributed by atoms with Crippen LogP contribution in [-0.4, -0.2) is 25.6 Å². The Kier molecular flexibility index (Phi) is 6.38. The van der Waals surface area contributed by atoms with Crippen molar-refractivity contribution in [1.82, 2.24) is 0 Å². The van der Waals surface area contributed by atoms with Crippen molar-refractivity contribution in [1.29, 1.82) is 0 Å². The quantitative estimate of drug-likeness (QED) is 0.629. The molecule has 140 valence electrons. The Bertz CT molecular complexity index is 707. The molecule has 0 aliphatic rings. The summed E-state index contributed by atoms with van der Waals surface area (Å²) >= 11 is 0. The number of hydrogen-bond donors (Lipinski definition) is 0. The molecule has 0 bridgehead atoms. The van der Waals surface area contributed by atoms with Crippen LogP contribution in [0.2, 0.25) is 0 Å². The van der Waals surface area contributed by atoms with Gasteiger partial charge in [-0.2, -0.15) is 0 Å². The lowest BCUT2D eigenvalue weighted by Crippen LogP contribution is -2.46. The first-order valence-electron chi connectivity index (χ1n) is 9.08. The van der Waals surface area contributed by atoms with Gasteiger partial charge in [-0.25, -0.2) is 0 Å². The average Bonchev–Trinajstić information content (AvgIpc) is 2.66. The van der Waals surface area contributed by atoms with E-state index < -0.39 is 11.7 Å². The molecule has 2 rings (SSSR count). The Hall–Kier alpha value is -1.97. The van der Waals surface area contributed by atoms with E-state index in [0.29, 0.717) is 12.0 Å². The fourth-order valence-electron chi connectivity index (χ4n) is 3.40. The first-order valence-corrected chi connectivity index (χ1v) is 9.08. The van der Waals surface area contributed by atoms with Crippen LogP contribution in [0, 0.1) is 0 Å². The minimum atomic E-state index is -1.07. The second-order valence-corrected chi connectivity index (χ2v) is 7.63. The number of methoxy groups -OCH3 is 2. The molecule has 2 atom stereocenters. The standard InChI is InChI=1S/C23H30O3/c1-7-23(26-6,21(25-5)18-11-9-8-10-12-18)20(24)17-13-15-19(16-14-17)22(2,3)4/h8-16,21H,7H2,1-6H3. The van der Waals surface area contributed by atoms with Gasteiger partial charge in [-0.05, 0) is 23.0 Å². The zero-order valence-corrected chi connectivity index (χ0v) is 16.7. The van der Waals surface area contributed by atoms with Crippen LogP contribution in [-0.2, 0) is 14.9 Å². The van der Waals surface area contributed by atoms with Crippen LogP contribution in [0.25, 0.3) is 0 Å². The maximum atomic E-state index is 13.5. The highest BCUT2D eigenvalue weighted by Gasteiger charge is 2.46. The molecule has 0 aliphatic heterocycles. The molecule has 0 saturated heterocycles. The molecule has 0 spiro atoms. The van der Waals surface area contributed by atoms with E-state index in [2.05, 4.69) is 20.8 Å². The third-order valence-corrected chi connectivity index (χ3v) is 5.05. The van der Waals surface area contributed by atoms with Gasteiger partial charge in [0, 0.05) is 19.8 Å². The van der Waals surface area contributed by atoms with Gasteiger partial charge in [0.1, 0.15) is 6.10 Å². The first-order chi connectivity index (χ1) is 12.3. The van der Waals surface area contributed by atoms with E-state index in [1.54, 1.807) is 14.2 Å². The Morgan fingerprint density at radius 3 is 1.96 bits per heavy atom. The third kappa shape index (κ3) is 3.89. The van der Waals surface area contributed by atoms with Gasteiger partial charge in [-0.1, -0.05) is 82.3 Å². The molecule has 0 radical (unpaired) electrons. The topological polar surface area (TPSA) is 35.5 Å². The number of Topliss-reactive ketones (excluding diaryl/α,β-unsaturated/α-hetero) is 1. The highest BCUT2D eigenvalue weighted by atomic mass is 16.5. The van der Waals surface area contributed by atoms with Gasteiger partial charge >= 0.3 is 0 Å². The largest absolute Gasteiger partial charge is 0.373 e. The van der Waals surface area contributed by atoms with Crippen molar-refractivity contribution in [3.63, 3.8) is 0 Å². The Balaban J connectivity index is 2.46. The summed E-state index contributed by atoms with van der Waals surface area (Å²) in [6.45, 7) is 8.43. The number of ketones is 1. The van der Waals surface area contributed by atoms with E-state index in [1.807, 2.05) is 61.5 Å². The molecule has 0 heterocycles. The zero-order chi connectivity index (χ0) is 19.4. The monoisotopic (exact) mass is 354 g/mol. The Morgan fingerprint density at radius 1 is 0.962 bits per heavy atom. The van der Waals surface area contributed by atoms with Crippen molar-refractivity contribution in [2.24, 2.45) is 0 Å². The third-order valence-electron chi connectivity index (χ3n) is 5.05. The van der Waals surface area contributed by atoms with Crippen molar-refractivity contribution in [2.75, 3.05) is 14.2 Å². The number of carbonyl (C=O) groups excluding carboxylic acids is 1. The molecule has 2 unspecified atom stereocenters. The Morgan fingerprint density at radius 2 is 1.54 bits per heavy atom. The molecule has 0 N–H and O–H groups in total. The van der Waals surface area contributed by atoms with Crippen LogP contribution in [0.4, 0.5) is 0 Å². The molecular formula is C23H30O3. The maximum Gasteiger partial charge on any atom is 0.197 e. The molecule has 3 heteroatoms. The molecule has 3 nitrogen and oxygen atoms in total. The summed E-state index contributed by atoms with van der Waals surface area (Å²) in [5.74, 6) is -0.0568. The summed E-state index contributed by atoms with van der Waals surface area (Å²) in [5.41, 5.74) is 1.74. The number of ether oxygens (including phenoxy) is 2. The van der Waals surface area contributed by atoms with Crippen LogP contribution < -0.4 is 0 Å². The van der Waals surface area contributed by atoms with Crippen LogP contribution in [0.1, 0.15) is 61.7 Å². The fraction of sp³-hybridized carbons (Fsp3) is 0.435. The summed E-state index contributed by atoms with van der Waals surface area (Å²) < 4.78 is 11.6. The highest BCUT2D eigenvalue weighted by Crippen LogP contribution is 2.38. The number of rotatable bonds is 7. The van der Waals surface area contributed by atoms with E-state index in [0.717, 1.165) is 5.56 Å². The summed E-state index contributed by atoms with van der Waals surface area (Å²) in [6, 6.07) is 17.6. The summed E-state index contributed by atoms with van der Waals surface area (Å²) in [4.78, 5) is 13.5. The SMILES string of the molecule is CCC(OC)(C(=O)c1ccc(C(C)(C)C)cc1)C(OC)c1ccccc1. The maximum absolute atomic E-state index is 13.5. The molecule has 0 aromatic heterocycles. The van der Waals surface area contributed by atoms with E-state index >= 15 is 0 Å². The van der Waals surface area contributed by atoms with E-state index in [9.17, 15) is 4.79 Å². The average molecular weight is 354 g/mol. The minimum absolute atomic E-state index is 0.0454. The van der Waals surface area contributed by atoms with Gasteiger partial charge < -0.3 is 9.47 Å². The van der Waals surface area contributed by atoms with E-state index in [-0.39, 0.29) is 11.2 Å². The van der Waals surface area contributed by atoms with Gasteiger partial charge in [-0.3, -0.25) is 4.79 Å². The summed E-state index contributed by atoms with van der Waals surface area (Å²) in [7, 11) is 3.21. The van der Waals surface area contributed by atoms with Crippen LogP contribution in [0.3, 0.4) is 0 Å². The highest BCUT2D eigenvalue weighted by molar-refractivity contribution is 6.03. The second kappa shape index (κ2) is 8.15. The lowest BCUT2D eigenvalue weighted by atomic mass is 9.80. The predicted molar refractivity (Wildman–Crippen MR) is 106 cm³/mol. The predicted octanol–water partition coefficient (Wildman–Crippen LogP) is 5.35. The van der Waals surface area contributed by atoms with Crippen molar-refractivity contribution in [3.05, 3.63) is 71.3 Å². The Labute approximate surface area is 157 Å². The second-order valence-electron chi connectivity index (χ2n) is 7.63. The first kappa shape index (κ1) is 20.3.